The summed E-state index contributed by atoms with van der Waals surface area (Å²) in [4.78, 5) is 15.4. The van der Waals surface area contributed by atoms with Gasteiger partial charge in [0, 0.05) is 38.4 Å². The van der Waals surface area contributed by atoms with Crippen molar-refractivity contribution in [3.8, 4) is 0 Å². The van der Waals surface area contributed by atoms with Crippen LogP contribution in [0.1, 0.15) is 45.7 Å². The smallest absolute Gasteiger partial charge is 0.268 e. The van der Waals surface area contributed by atoms with Crippen LogP contribution in [0.4, 0.5) is 8.78 Å². The minimum Gasteiger partial charge on any atom is -0.379 e. The van der Waals surface area contributed by atoms with E-state index in [1.807, 2.05) is 11.5 Å². The Kier molecular flexibility index (Phi) is 6.49. The molecule has 1 aromatic heterocycles. The van der Waals surface area contributed by atoms with Crippen LogP contribution in [-0.4, -0.2) is 54.8 Å². The van der Waals surface area contributed by atoms with E-state index in [9.17, 15) is 13.6 Å². The Balaban J connectivity index is 1.55. The van der Waals surface area contributed by atoms with Crippen molar-refractivity contribution in [1.29, 1.82) is 0 Å². The summed E-state index contributed by atoms with van der Waals surface area (Å²) in [6, 6.07) is 3.96. The molecule has 0 spiro atoms. The van der Waals surface area contributed by atoms with Crippen LogP contribution in [0, 0.1) is 18.6 Å². The first-order chi connectivity index (χ1) is 14.5. The van der Waals surface area contributed by atoms with Crippen molar-refractivity contribution < 1.29 is 18.3 Å². The van der Waals surface area contributed by atoms with Crippen molar-refractivity contribution in [3.05, 3.63) is 57.9 Å². The molecule has 162 valence electrons. The molecule has 1 aliphatic heterocycles. The van der Waals surface area contributed by atoms with E-state index in [1.54, 1.807) is 6.07 Å². The number of nitrogens with zero attached hydrogens (tertiary/aromatic N) is 2. The Morgan fingerprint density at radius 2 is 1.90 bits per heavy atom. The fourth-order valence-corrected chi connectivity index (χ4v) is 4.60. The van der Waals surface area contributed by atoms with Crippen LogP contribution >= 0.6 is 0 Å². The average Bonchev–Trinajstić information content (AvgIpc) is 3.03. The van der Waals surface area contributed by atoms with Crippen LogP contribution in [0.25, 0.3) is 0 Å². The number of morpholine rings is 1. The molecule has 1 N–H and O–H groups in total. The lowest BCUT2D eigenvalue weighted by Gasteiger charge is -2.26. The zero-order valence-electron chi connectivity index (χ0n) is 17.5. The maximum Gasteiger partial charge on any atom is 0.268 e. The number of carbonyl (C=O) groups is 1. The molecule has 5 nitrogen and oxygen atoms in total. The molecule has 0 radical (unpaired) electrons. The molecule has 0 saturated carbocycles. The molecule has 7 heteroatoms. The largest absolute Gasteiger partial charge is 0.379 e. The Morgan fingerprint density at radius 3 is 2.67 bits per heavy atom. The maximum absolute atomic E-state index is 13.8. The standard InChI is InChI=1S/C23H29F2N3O2/c1-16-18-4-2-3-5-21(18)28(15-17-6-7-19(24)20(25)14-17)22(16)23(29)26-8-9-27-10-12-30-13-11-27/h6-7,14H,2-5,8-13,15H2,1H3,(H,26,29). The summed E-state index contributed by atoms with van der Waals surface area (Å²) >= 11 is 0. The van der Waals surface area contributed by atoms with Gasteiger partial charge in [0.1, 0.15) is 5.69 Å². The number of nitrogens with one attached hydrogen (secondary N) is 1. The van der Waals surface area contributed by atoms with Gasteiger partial charge in [0.15, 0.2) is 11.6 Å². The molecule has 1 aliphatic carbocycles. The SMILES string of the molecule is Cc1c2c(n(Cc3ccc(F)c(F)c3)c1C(=O)NCCN1CCOCC1)CCCC2. The third-order valence-electron chi connectivity index (χ3n) is 6.20. The monoisotopic (exact) mass is 417 g/mol. The summed E-state index contributed by atoms with van der Waals surface area (Å²) < 4.78 is 34.5. The van der Waals surface area contributed by atoms with Crippen molar-refractivity contribution in [1.82, 2.24) is 14.8 Å². The summed E-state index contributed by atoms with van der Waals surface area (Å²) in [5.74, 6) is -1.81. The van der Waals surface area contributed by atoms with Gasteiger partial charge < -0.3 is 14.6 Å². The molecular weight excluding hydrogens is 388 g/mol. The molecule has 4 rings (SSSR count). The highest BCUT2D eigenvalue weighted by molar-refractivity contribution is 5.95. The molecule has 1 fully saturated rings. The predicted molar refractivity (Wildman–Crippen MR) is 111 cm³/mol. The van der Waals surface area contributed by atoms with E-state index in [0.717, 1.165) is 75.9 Å². The number of hydrogen-bond acceptors (Lipinski definition) is 3. The summed E-state index contributed by atoms with van der Waals surface area (Å²) in [5.41, 5.74) is 4.70. The summed E-state index contributed by atoms with van der Waals surface area (Å²) in [7, 11) is 0. The number of fused-ring (bicyclic) bond motifs is 1. The summed E-state index contributed by atoms with van der Waals surface area (Å²) in [6.45, 7) is 6.96. The second-order valence-electron chi connectivity index (χ2n) is 8.15. The zero-order chi connectivity index (χ0) is 21.1. The van der Waals surface area contributed by atoms with E-state index >= 15 is 0 Å². The maximum atomic E-state index is 13.8. The van der Waals surface area contributed by atoms with Gasteiger partial charge in [0.25, 0.3) is 5.91 Å². The van der Waals surface area contributed by atoms with E-state index in [1.165, 1.54) is 11.6 Å². The Labute approximate surface area is 176 Å². The minimum absolute atomic E-state index is 0.0993. The molecule has 0 atom stereocenters. The van der Waals surface area contributed by atoms with Gasteiger partial charge in [0.05, 0.1) is 13.2 Å². The van der Waals surface area contributed by atoms with Crippen molar-refractivity contribution >= 4 is 5.91 Å². The van der Waals surface area contributed by atoms with Crippen molar-refractivity contribution in [2.24, 2.45) is 0 Å². The van der Waals surface area contributed by atoms with E-state index in [4.69, 9.17) is 4.74 Å². The molecule has 2 heterocycles. The summed E-state index contributed by atoms with van der Waals surface area (Å²) in [6.07, 6.45) is 4.05. The van der Waals surface area contributed by atoms with Crippen LogP contribution in [0.5, 0.6) is 0 Å². The number of hydrogen-bond donors (Lipinski definition) is 1. The average molecular weight is 418 g/mol. The fraction of sp³-hybridized carbons (Fsp3) is 0.522. The van der Waals surface area contributed by atoms with Gasteiger partial charge >= 0.3 is 0 Å². The van der Waals surface area contributed by atoms with Crippen molar-refractivity contribution in [2.45, 2.75) is 39.2 Å². The highest BCUT2D eigenvalue weighted by Crippen LogP contribution is 2.30. The topological polar surface area (TPSA) is 46.5 Å². The van der Waals surface area contributed by atoms with Crippen LogP contribution in [-0.2, 0) is 24.1 Å². The highest BCUT2D eigenvalue weighted by atomic mass is 19.2. The molecule has 0 unspecified atom stereocenters. The minimum atomic E-state index is -0.859. The molecule has 1 aromatic carbocycles. The van der Waals surface area contributed by atoms with Crippen LogP contribution < -0.4 is 5.32 Å². The molecule has 30 heavy (non-hydrogen) atoms. The van der Waals surface area contributed by atoms with Gasteiger partial charge in [-0.15, -0.1) is 0 Å². The van der Waals surface area contributed by atoms with Gasteiger partial charge in [-0.1, -0.05) is 6.07 Å². The number of benzene rings is 1. The Bertz CT molecular complexity index is 920. The second-order valence-corrected chi connectivity index (χ2v) is 8.15. The number of rotatable bonds is 6. The number of ether oxygens (including phenoxy) is 1. The van der Waals surface area contributed by atoms with Gasteiger partial charge in [-0.2, -0.15) is 0 Å². The van der Waals surface area contributed by atoms with Gasteiger partial charge in [-0.05, 0) is 61.4 Å². The quantitative estimate of drug-likeness (QED) is 0.786. The normalized spacial score (nSPS) is 17.0. The lowest BCUT2D eigenvalue weighted by Crippen LogP contribution is -2.41. The number of halogens is 2. The Morgan fingerprint density at radius 1 is 1.13 bits per heavy atom. The van der Waals surface area contributed by atoms with Crippen LogP contribution in [0.15, 0.2) is 18.2 Å². The first-order valence-electron chi connectivity index (χ1n) is 10.8. The lowest BCUT2D eigenvalue weighted by molar-refractivity contribution is 0.0383. The first-order valence-corrected chi connectivity index (χ1v) is 10.8. The van der Waals surface area contributed by atoms with Gasteiger partial charge in [0.2, 0.25) is 0 Å². The third kappa shape index (κ3) is 4.42. The van der Waals surface area contributed by atoms with Crippen LogP contribution in [0.3, 0.4) is 0 Å². The lowest BCUT2D eigenvalue weighted by atomic mass is 9.95. The Hall–Kier alpha value is -2.25. The van der Waals surface area contributed by atoms with E-state index in [-0.39, 0.29) is 5.91 Å². The molecule has 1 amide bonds. The van der Waals surface area contributed by atoms with E-state index < -0.39 is 11.6 Å². The second kappa shape index (κ2) is 9.27. The first kappa shape index (κ1) is 21.0. The van der Waals surface area contributed by atoms with E-state index in [2.05, 4.69) is 10.2 Å². The third-order valence-corrected chi connectivity index (χ3v) is 6.20. The van der Waals surface area contributed by atoms with Crippen molar-refractivity contribution in [3.63, 3.8) is 0 Å². The molecule has 1 saturated heterocycles. The number of aromatic nitrogens is 1. The molecule has 2 aliphatic rings. The van der Waals surface area contributed by atoms with Gasteiger partial charge in [-0.25, -0.2) is 8.78 Å². The predicted octanol–water partition coefficient (Wildman–Crippen LogP) is 3.06. The van der Waals surface area contributed by atoms with E-state index in [0.29, 0.717) is 24.3 Å². The molecule has 2 aromatic rings. The fourth-order valence-electron chi connectivity index (χ4n) is 4.60. The van der Waals surface area contributed by atoms with Crippen molar-refractivity contribution in [2.75, 3.05) is 39.4 Å². The summed E-state index contributed by atoms with van der Waals surface area (Å²) in [5, 5.41) is 3.07. The zero-order valence-corrected chi connectivity index (χ0v) is 17.5. The molecule has 0 bridgehead atoms. The molecular formula is C23H29F2N3O2. The van der Waals surface area contributed by atoms with Crippen LogP contribution in [0.2, 0.25) is 0 Å². The highest BCUT2D eigenvalue weighted by Gasteiger charge is 2.26. The number of carbonyl (C=O) groups excluding carboxylic acids is 1. The van der Waals surface area contributed by atoms with Gasteiger partial charge in [-0.3, -0.25) is 9.69 Å². The number of amides is 1.